The van der Waals surface area contributed by atoms with Crippen molar-refractivity contribution in [1.82, 2.24) is 4.90 Å². The second-order valence-corrected chi connectivity index (χ2v) is 5.76. The van der Waals surface area contributed by atoms with E-state index in [1.807, 2.05) is 7.05 Å². The molecule has 4 nitrogen and oxygen atoms in total. The van der Waals surface area contributed by atoms with Crippen LogP contribution in [-0.4, -0.2) is 48.3 Å². The summed E-state index contributed by atoms with van der Waals surface area (Å²) >= 11 is 0. The molecule has 0 aromatic heterocycles. The summed E-state index contributed by atoms with van der Waals surface area (Å²) in [6.45, 7) is 8.01. The van der Waals surface area contributed by atoms with Gasteiger partial charge >= 0.3 is 5.97 Å². The molecule has 0 saturated carbocycles. The Kier molecular flexibility index (Phi) is 4.55. The van der Waals surface area contributed by atoms with Crippen molar-refractivity contribution < 1.29 is 14.6 Å². The number of hydrogen-bond donors (Lipinski definition) is 1. The van der Waals surface area contributed by atoms with Crippen LogP contribution in [0.25, 0.3) is 0 Å². The predicted octanol–water partition coefficient (Wildman–Crippen LogP) is 1.99. The Bertz CT molecular complexity index is 270. The highest BCUT2D eigenvalue weighted by atomic mass is 16.5. The van der Waals surface area contributed by atoms with E-state index >= 15 is 0 Å². The maximum atomic E-state index is 11.5. The molecule has 0 spiro atoms. The number of aliphatic carboxylic acids is 1. The van der Waals surface area contributed by atoms with Crippen LogP contribution in [0.1, 0.15) is 40.0 Å². The molecule has 4 heteroatoms. The van der Waals surface area contributed by atoms with Crippen molar-refractivity contribution in [3.8, 4) is 0 Å². The van der Waals surface area contributed by atoms with Crippen LogP contribution in [0, 0.1) is 5.41 Å². The first-order valence-corrected chi connectivity index (χ1v) is 6.36. The van der Waals surface area contributed by atoms with Gasteiger partial charge in [-0.3, -0.25) is 4.79 Å². The molecular weight excluding hydrogens is 218 g/mol. The lowest BCUT2D eigenvalue weighted by Gasteiger charge is -2.42. The number of carbonyl (C=O) groups is 1. The molecule has 0 aromatic rings. The summed E-state index contributed by atoms with van der Waals surface area (Å²) in [6.07, 6.45) is 2.55. The monoisotopic (exact) mass is 243 g/mol. The molecule has 0 aliphatic carbocycles. The summed E-state index contributed by atoms with van der Waals surface area (Å²) in [7, 11) is 2.00. The van der Waals surface area contributed by atoms with Gasteiger partial charge in [-0.15, -0.1) is 0 Å². The predicted molar refractivity (Wildman–Crippen MR) is 67.1 cm³/mol. The van der Waals surface area contributed by atoms with Crippen LogP contribution in [0.2, 0.25) is 0 Å². The fourth-order valence-corrected chi connectivity index (χ4v) is 2.15. The summed E-state index contributed by atoms with van der Waals surface area (Å²) in [6, 6.07) is 0. The van der Waals surface area contributed by atoms with E-state index in [4.69, 9.17) is 4.74 Å². The van der Waals surface area contributed by atoms with Crippen molar-refractivity contribution in [2.24, 2.45) is 5.41 Å². The zero-order valence-corrected chi connectivity index (χ0v) is 11.5. The molecule has 1 aliphatic heterocycles. The van der Waals surface area contributed by atoms with Gasteiger partial charge in [0.2, 0.25) is 0 Å². The Hall–Kier alpha value is -0.610. The van der Waals surface area contributed by atoms with Gasteiger partial charge in [0.05, 0.1) is 6.61 Å². The average Bonchev–Trinajstić information content (AvgIpc) is 2.30. The van der Waals surface area contributed by atoms with E-state index in [-0.39, 0.29) is 5.54 Å². The number of ether oxygens (including phenoxy) is 1. The minimum atomic E-state index is -0.726. The summed E-state index contributed by atoms with van der Waals surface area (Å²) in [5.41, 5.74) is -0.695. The van der Waals surface area contributed by atoms with Gasteiger partial charge < -0.3 is 14.7 Å². The SMILES string of the molecule is CCC(C)(C)N(C)CC1(C(=O)O)CCCOC1. The summed E-state index contributed by atoms with van der Waals surface area (Å²) in [5.74, 6) is -0.726. The molecule has 0 radical (unpaired) electrons. The number of rotatable bonds is 5. The van der Waals surface area contributed by atoms with E-state index in [1.54, 1.807) is 0 Å². The minimum Gasteiger partial charge on any atom is -0.481 e. The standard InChI is InChI=1S/C13H25NO3/c1-5-12(2,3)14(4)9-13(11(15)16)7-6-8-17-10-13/h5-10H2,1-4H3,(H,15,16). The van der Waals surface area contributed by atoms with E-state index in [0.29, 0.717) is 26.2 Å². The summed E-state index contributed by atoms with van der Waals surface area (Å²) in [5, 5.41) is 9.47. The largest absolute Gasteiger partial charge is 0.481 e. The third kappa shape index (κ3) is 3.19. The van der Waals surface area contributed by atoms with Crippen molar-refractivity contribution >= 4 is 5.97 Å². The van der Waals surface area contributed by atoms with Crippen molar-refractivity contribution in [3.63, 3.8) is 0 Å². The van der Waals surface area contributed by atoms with Crippen LogP contribution in [0.3, 0.4) is 0 Å². The van der Waals surface area contributed by atoms with Gasteiger partial charge in [0.25, 0.3) is 0 Å². The lowest BCUT2D eigenvalue weighted by atomic mass is 9.81. The van der Waals surface area contributed by atoms with Crippen LogP contribution in [-0.2, 0) is 9.53 Å². The first-order valence-electron chi connectivity index (χ1n) is 6.36. The molecular formula is C13H25NO3. The molecule has 0 amide bonds. The van der Waals surface area contributed by atoms with E-state index in [9.17, 15) is 9.90 Å². The maximum absolute atomic E-state index is 11.5. The van der Waals surface area contributed by atoms with E-state index in [1.165, 1.54) is 0 Å². The zero-order valence-electron chi connectivity index (χ0n) is 11.5. The number of nitrogens with zero attached hydrogens (tertiary/aromatic N) is 1. The molecule has 0 aromatic carbocycles. The molecule has 1 saturated heterocycles. The van der Waals surface area contributed by atoms with E-state index in [2.05, 4.69) is 25.7 Å². The highest BCUT2D eigenvalue weighted by molar-refractivity contribution is 5.75. The quantitative estimate of drug-likeness (QED) is 0.802. The molecule has 1 fully saturated rings. The number of carboxylic acid groups (broad SMARTS) is 1. The van der Waals surface area contributed by atoms with Gasteiger partial charge in [-0.1, -0.05) is 6.92 Å². The number of hydrogen-bond acceptors (Lipinski definition) is 3. The summed E-state index contributed by atoms with van der Waals surface area (Å²) in [4.78, 5) is 13.7. The smallest absolute Gasteiger partial charge is 0.313 e. The normalized spacial score (nSPS) is 26.2. The van der Waals surface area contributed by atoms with Gasteiger partial charge in [0.1, 0.15) is 5.41 Å². The Morgan fingerprint density at radius 3 is 2.59 bits per heavy atom. The lowest BCUT2D eigenvalue weighted by Crippen LogP contribution is -2.52. The van der Waals surface area contributed by atoms with Gasteiger partial charge in [0, 0.05) is 18.7 Å². The third-order valence-corrected chi connectivity index (χ3v) is 4.21. The van der Waals surface area contributed by atoms with Gasteiger partial charge in [-0.25, -0.2) is 0 Å². The highest BCUT2D eigenvalue weighted by Crippen LogP contribution is 2.32. The zero-order chi connectivity index (χ0) is 13.1. The van der Waals surface area contributed by atoms with Crippen LogP contribution in [0.4, 0.5) is 0 Å². The van der Waals surface area contributed by atoms with Crippen molar-refractivity contribution in [3.05, 3.63) is 0 Å². The first kappa shape index (κ1) is 14.5. The molecule has 1 aliphatic rings. The topological polar surface area (TPSA) is 49.8 Å². The Labute approximate surface area is 104 Å². The van der Waals surface area contributed by atoms with Crippen LogP contribution in [0.5, 0.6) is 0 Å². The van der Waals surface area contributed by atoms with Crippen molar-refractivity contribution in [1.29, 1.82) is 0 Å². The highest BCUT2D eigenvalue weighted by Gasteiger charge is 2.43. The Morgan fingerprint density at radius 1 is 1.53 bits per heavy atom. The second-order valence-electron chi connectivity index (χ2n) is 5.76. The number of carboxylic acids is 1. The average molecular weight is 243 g/mol. The van der Waals surface area contributed by atoms with Crippen LogP contribution in [0.15, 0.2) is 0 Å². The molecule has 0 bridgehead atoms. The Balaban J connectivity index is 2.77. The molecule has 1 rings (SSSR count). The second kappa shape index (κ2) is 5.36. The molecule has 100 valence electrons. The van der Waals surface area contributed by atoms with Crippen molar-refractivity contribution in [2.45, 2.75) is 45.6 Å². The van der Waals surface area contributed by atoms with Crippen molar-refractivity contribution in [2.75, 3.05) is 26.8 Å². The fourth-order valence-electron chi connectivity index (χ4n) is 2.15. The van der Waals surface area contributed by atoms with Crippen LogP contribution >= 0.6 is 0 Å². The van der Waals surface area contributed by atoms with E-state index in [0.717, 1.165) is 12.8 Å². The van der Waals surface area contributed by atoms with Gasteiger partial charge in [0.15, 0.2) is 0 Å². The van der Waals surface area contributed by atoms with Gasteiger partial charge in [-0.2, -0.15) is 0 Å². The third-order valence-electron chi connectivity index (χ3n) is 4.21. The molecule has 1 atom stereocenters. The fraction of sp³-hybridized carbons (Fsp3) is 0.923. The Morgan fingerprint density at radius 2 is 2.18 bits per heavy atom. The summed E-state index contributed by atoms with van der Waals surface area (Å²) < 4.78 is 5.39. The van der Waals surface area contributed by atoms with Gasteiger partial charge in [-0.05, 0) is 40.2 Å². The first-order chi connectivity index (χ1) is 7.84. The maximum Gasteiger partial charge on any atom is 0.313 e. The minimum absolute atomic E-state index is 0.0277. The molecule has 1 unspecified atom stereocenters. The molecule has 1 heterocycles. The molecule has 17 heavy (non-hydrogen) atoms. The van der Waals surface area contributed by atoms with Crippen LogP contribution < -0.4 is 0 Å². The molecule has 1 N–H and O–H groups in total. The van der Waals surface area contributed by atoms with E-state index < -0.39 is 11.4 Å². The lowest BCUT2D eigenvalue weighted by molar-refractivity contribution is -0.160.